The summed E-state index contributed by atoms with van der Waals surface area (Å²) >= 11 is 2.49. The molecule has 2 heterocycles. The summed E-state index contributed by atoms with van der Waals surface area (Å²) in [5, 5.41) is 5.14. The van der Waals surface area contributed by atoms with Crippen LogP contribution in [0.2, 0.25) is 0 Å². The van der Waals surface area contributed by atoms with Crippen molar-refractivity contribution in [1.29, 1.82) is 0 Å². The third-order valence-corrected chi connectivity index (χ3v) is 8.49. The van der Waals surface area contributed by atoms with E-state index in [2.05, 4.69) is 15.0 Å². The van der Waals surface area contributed by atoms with Gasteiger partial charge in [-0.05, 0) is 55.3 Å². The molecule has 1 saturated carbocycles. The number of thiazole rings is 1. The molecule has 1 amide bonds. The first-order valence-electron chi connectivity index (χ1n) is 8.94. The van der Waals surface area contributed by atoms with Gasteiger partial charge in [0.15, 0.2) is 5.13 Å². The molecule has 2 aromatic heterocycles. The predicted molar refractivity (Wildman–Crippen MR) is 113 cm³/mol. The summed E-state index contributed by atoms with van der Waals surface area (Å²) in [5.74, 6) is -0.0513. The number of nitrogens with one attached hydrogen (secondary N) is 2. The average molecular weight is 437 g/mol. The number of amides is 1. The molecule has 3 aromatic rings. The number of carbonyl (C=O) groups is 1. The summed E-state index contributed by atoms with van der Waals surface area (Å²) in [6, 6.07) is 8.59. The van der Waals surface area contributed by atoms with E-state index in [9.17, 15) is 13.2 Å². The second-order valence-electron chi connectivity index (χ2n) is 6.84. The number of sulfonamides is 1. The quantitative estimate of drug-likeness (QED) is 0.565. The van der Waals surface area contributed by atoms with Gasteiger partial charge in [-0.15, -0.1) is 11.3 Å². The molecular formula is C18H20N4O3S3. The largest absolute Gasteiger partial charge is 0.328 e. The molecule has 0 atom stereocenters. The molecule has 10 heteroatoms. The standard InChI is InChI=1S/C18H20N4O3S3/c19-12-5-3-11(4-6-12)17(23)21-18-20-14-8-7-13(10-15(14)27-18)22-28(24,25)16-2-1-9-26-16/h1-2,7-12,22H,3-6,19H2,(H,20,21,23)/t11-,12-. The van der Waals surface area contributed by atoms with E-state index in [1.807, 2.05) is 0 Å². The average Bonchev–Trinajstić information content (AvgIpc) is 3.31. The van der Waals surface area contributed by atoms with Crippen LogP contribution in [0.3, 0.4) is 0 Å². The zero-order chi connectivity index (χ0) is 19.7. The van der Waals surface area contributed by atoms with Crippen molar-refractivity contribution in [2.24, 2.45) is 11.7 Å². The Balaban J connectivity index is 1.48. The van der Waals surface area contributed by atoms with Crippen molar-refractivity contribution >= 4 is 59.6 Å². The molecular weight excluding hydrogens is 416 g/mol. The number of anilines is 2. The third-order valence-electron chi connectivity index (χ3n) is 4.77. The molecule has 28 heavy (non-hydrogen) atoms. The van der Waals surface area contributed by atoms with Crippen molar-refractivity contribution in [2.45, 2.75) is 35.9 Å². The normalized spacial score (nSPS) is 20.2. The van der Waals surface area contributed by atoms with E-state index in [0.29, 0.717) is 16.3 Å². The van der Waals surface area contributed by atoms with Gasteiger partial charge in [-0.2, -0.15) is 0 Å². The number of aromatic nitrogens is 1. The fraction of sp³-hybridized carbons (Fsp3) is 0.333. The summed E-state index contributed by atoms with van der Waals surface area (Å²) in [6.07, 6.45) is 3.33. The Morgan fingerprint density at radius 3 is 2.68 bits per heavy atom. The van der Waals surface area contributed by atoms with Crippen LogP contribution in [0, 0.1) is 5.92 Å². The molecule has 0 aliphatic heterocycles. The molecule has 4 N–H and O–H groups in total. The van der Waals surface area contributed by atoms with E-state index in [4.69, 9.17) is 5.73 Å². The number of hydrogen-bond acceptors (Lipinski definition) is 7. The van der Waals surface area contributed by atoms with Gasteiger partial charge in [0.2, 0.25) is 5.91 Å². The zero-order valence-electron chi connectivity index (χ0n) is 14.9. The van der Waals surface area contributed by atoms with E-state index in [-0.39, 0.29) is 22.1 Å². The van der Waals surface area contributed by atoms with Gasteiger partial charge in [0.1, 0.15) is 4.21 Å². The first kappa shape index (κ1) is 19.3. The summed E-state index contributed by atoms with van der Waals surface area (Å²) in [4.78, 5) is 16.9. The molecule has 0 bridgehead atoms. The van der Waals surface area contributed by atoms with Crippen molar-refractivity contribution in [1.82, 2.24) is 4.98 Å². The van der Waals surface area contributed by atoms with E-state index in [1.165, 1.54) is 11.3 Å². The number of benzene rings is 1. The van der Waals surface area contributed by atoms with Gasteiger partial charge < -0.3 is 11.1 Å². The fourth-order valence-electron chi connectivity index (χ4n) is 3.25. The van der Waals surface area contributed by atoms with Crippen LogP contribution in [0.1, 0.15) is 25.7 Å². The maximum absolute atomic E-state index is 12.5. The minimum absolute atomic E-state index is 0.0235. The van der Waals surface area contributed by atoms with Crippen LogP contribution in [0.5, 0.6) is 0 Å². The highest BCUT2D eigenvalue weighted by atomic mass is 32.2. The molecule has 7 nitrogen and oxygen atoms in total. The summed E-state index contributed by atoms with van der Waals surface area (Å²) in [5.41, 5.74) is 7.07. The minimum atomic E-state index is -3.60. The van der Waals surface area contributed by atoms with Gasteiger partial charge in [0.05, 0.1) is 15.9 Å². The minimum Gasteiger partial charge on any atom is -0.328 e. The maximum Gasteiger partial charge on any atom is 0.271 e. The summed E-state index contributed by atoms with van der Waals surface area (Å²) < 4.78 is 28.4. The van der Waals surface area contributed by atoms with Crippen LogP contribution in [0.25, 0.3) is 10.2 Å². The Hall–Kier alpha value is -2.01. The Kier molecular flexibility index (Phi) is 5.37. The number of fused-ring (bicyclic) bond motifs is 1. The molecule has 0 radical (unpaired) electrons. The lowest BCUT2D eigenvalue weighted by Gasteiger charge is -2.24. The lowest BCUT2D eigenvalue weighted by Crippen LogP contribution is -2.32. The van der Waals surface area contributed by atoms with Gasteiger partial charge in [-0.25, -0.2) is 13.4 Å². The number of thiophene rings is 1. The number of hydrogen-bond donors (Lipinski definition) is 3. The lowest BCUT2D eigenvalue weighted by molar-refractivity contribution is -0.120. The highest BCUT2D eigenvalue weighted by molar-refractivity contribution is 7.94. The van der Waals surface area contributed by atoms with E-state index in [1.54, 1.807) is 35.7 Å². The predicted octanol–water partition coefficient (Wildman–Crippen LogP) is 3.61. The molecule has 148 valence electrons. The molecule has 0 unspecified atom stereocenters. The van der Waals surface area contributed by atoms with Gasteiger partial charge in [-0.1, -0.05) is 17.4 Å². The lowest BCUT2D eigenvalue weighted by atomic mass is 9.86. The Morgan fingerprint density at radius 2 is 1.96 bits per heavy atom. The molecule has 1 aliphatic carbocycles. The Morgan fingerprint density at radius 1 is 1.18 bits per heavy atom. The first-order chi connectivity index (χ1) is 13.4. The fourth-order valence-corrected chi connectivity index (χ4v) is 6.20. The molecule has 1 aromatic carbocycles. The second-order valence-corrected chi connectivity index (χ2v) is 10.7. The van der Waals surface area contributed by atoms with Crippen LogP contribution in [-0.4, -0.2) is 25.4 Å². The molecule has 4 rings (SSSR count). The molecule has 0 spiro atoms. The number of carbonyl (C=O) groups excluding carboxylic acids is 1. The van der Waals surface area contributed by atoms with Crippen LogP contribution in [0.4, 0.5) is 10.8 Å². The third kappa shape index (κ3) is 4.19. The van der Waals surface area contributed by atoms with Crippen molar-refractivity contribution in [2.75, 3.05) is 10.0 Å². The van der Waals surface area contributed by atoms with Crippen molar-refractivity contribution in [3.05, 3.63) is 35.7 Å². The monoisotopic (exact) mass is 436 g/mol. The topological polar surface area (TPSA) is 114 Å². The maximum atomic E-state index is 12.5. The molecule has 1 fully saturated rings. The van der Waals surface area contributed by atoms with Crippen LogP contribution in [0.15, 0.2) is 39.9 Å². The van der Waals surface area contributed by atoms with Gasteiger partial charge in [0, 0.05) is 12.0 Å². The first-order valence-corrected chi connectivity index (χ1v) is 12.1. The second kappa shape index (κ2) is 7.78. The molecule has 1 aliphatic rings. The van der Waals surface area contributed by atoms with Crippen LogP contribution in [-0.2, 0) is 14.8 Å². The number of nitrogens with zero attached hydrogens (tertiary/aromatic N) is 1. The Labute approximate surface area is 171 Å². The van der Waals surface area contributed by atoms with Crippen molar-refractivity contribution in [3.8, 4) is 0 Å². The highest BCUT2D eigenvalue weighted by Gasteiger charge is 2.25. The van der Waals surface area contributed by atoms with Gasteiger partial charge in [0.25, 0.3) is 10.0 Å². The van der Waals surface area contributed by atoms with Crippen LogP contribution < -0.4 is 15.8 Å². The summed E-state index contributed by atoms with van der Waals surface area (Å²) in [7, 11) is -3.60. The number of nitrogens with two attached hydrogens (primary N) is 1. The van der Waals surface area contributed by atoms with E-state index in [0.717, 1.165) is 41.7 Å². The SMILES string of the molecule is N[C@H]1CC[C@H](C(=O)Nc2nc3ccc(NS(=O)(=O)c4cccs4)cc3s2)CC1. The van der Waals surface area contributed by atoms with E-state index < -0.39 is 10.0 Å². The Bertz CT molecular complexity index is 1080. The zero-order valence-corrected chi connectivity index (χ0v) is 17.4. The van der Waals surface area contributed by atoms with Crippen molar-refractivity contribution < 1.29 is 13.2 Å². The molecule has 0 saturated heterocycles. The van der Waals surface area contributed by atoms with Crippen molar-refractivity contribution in [3.63, 3.8) is 0 Å². The van der Waals surface area contributed by atoms with E-state index >= 15 is 0 Å². The highest BCUT2D eigenvalue weighted by Crippen LogP contribution is 2.31. The smallest absolute Gasteiger partial charge is 0.271 e. The van der Waals surface area contributed by atoms with Gasteiger partial charge in [-0.3, -0.25) is 9.52 Å². The summed E-state index contributed by atoms with van der Waals surface area (Å²) in [6.45, 7) is 0. The van der Waals surface area contributed by atoms with Crippen LogP contribution >= 0.6 is 22.7 Å². The number of rotatable bonds is 5. The van der Waals surface area contributed by atoms with Gasteiger partial charge >= 0.3 is 0 Å².